The van der Waals surface area contributed by atoms with Gasteiger partial charge in [-0.05, 0) is 31.5 Å². The van der Waals surface area contributed by atoms with Crippen molar-refractivity contribution in [2.24, 2.45) is 0 Å². The average molecular weight is 324 g/mol. The summed E-state index contributed by atoms with van der Waals surface area (Å²) in [4.78, 5) is 8.60. The molecule has 1 fully saturated rings. The van der Waals surface area contributed by atoms with Gasteiger partial charge in [0, 0.05) is 35.8 Å². The summed E-state index contributed by atoms with van der Waals surface area (Å²) >= 11 is 0. The zero-order valence-corrected chi connectivity index (χ0v) is 13.9. The molecule has 124 valence electrons. The summed E-state index contributed by atoms with van der Waals surface area (Å²) in [5.74, 6) is 0.897. The van der Waals surface area contributed by atoms with Crippen LogP contribution in [0.15, 0.2) is 24.4 Å². The smallest absolute Gasteiger partial charge is 0.212 e. The molecule has 0 aromatic carbocycles. The first-order valence-electron chi connectivity index (χ1n) is 7.77. The summed E-state index contributed by atoms with van der Waals surface area (Å²) < 4.78 is 5.08. The molecule has 1 saturated heterocycles. The Morgan fingerprint density at radius 3 is 2.50 bits per heavy atom. The number of anilines is 1. The molecule has 3 rings (SSSR count). The molecule has 2 aromatic rings. The molecule has 4 N–H and O–H groups in total. The third-order valence-corrected chi connectivity index (χ3v) is 4.41. The second kappa shape index (κ2) is 6.43. The van der Waals surface area contributed by atoms with Crippen LogP contribution in [0.25, 0.3) is 11.3 Å². The molecule has 0 spiro atoms. The van der Waals surface area contributed by atoms with Crippen LogP contribution in [0.3, 0.4) is 0 Å². The molecule has 0 saturated carbocycles. The second-order valence-corrected chi connectivity index (χ2v) is 5.95. The number of rotatable bonds is 3. The van der Waals surface area contributed by atoms with Gasteiger partial charge in [-0.1, -0.05) is 0 Å². The highest BCUT2D eigenvalue weighted by Gasteiger charge is 2.34. The number of pyridine rings is 2. The summed E-state index contributed by atoms with van der Waals surface area (Å²) in [7, 11) is 1.57. The maximum Gasteiger partial charge on any atom is 0.212 e. The zero-order chi connectivity index (χ0) is 17.3. The number of hydrogen-bond acceptors (Lipinski definition) is 7. The van der Waals surface area contributed by atoms with E-state index in [2.05, 4.69) is 40.7 Å². The lowest BCUT2D eigenvalue weighted by Crippen LogP contribution is -2.30. The van der Waals surface area contributed by atoms with Crippen molar-refractivity contribution in [3.05, 3.63) is 35.5 Å². The molecule has 2 atom stereocenters. The van der Waals surface area contributed by atoms with Crippen LogP contribution in [0, 0.1) is 11.3 Å². The molecular formula is C17H20N6O. The standard InChI is InChI=1S/C17H20N6O/c1-9-16(10(2)23-22-9)12-6-14(21-17(19)13(12)7-18)11-4-5-15(24-3)20-8-11/h4-6,8-10,16,22-23H,1-3H3,(H2,19,21). The fourth-order valence-corrected chi connectivity index (χ4v) is 3.18. The van der Waals surface area contributed by atoms with Gasteiger partial charge in [0.2, 0.25) is 5.88 Å². The van der Waals surface area contributed by atoms with Gasteiger partial charge in [0.15, 0.2) is 0 Å². The Labute approximate surface area is 140 Å². The van der Waals surface area contributed by atoms with Gasteiger partial charge in [-0.3, -0.25) is 10.9 Å². The van der Waals surface area contributed by atoms with Gasteiger partial charge in [0.05, 0.1) is 18.4 Å². The largest absolute Gasteiger partial charge is 0.481 e. The number of hydrazine groups is 1. The number of ether oxygens (including phenoxy) is 1. The van der Waals surface area contributed by atoms with Gasteiger partial charge in [-0.25, -0.2) is 9.97 Å². The van der Waals surface area contributed by atoms with E-state index in [0.717, 1.165) is 11.1 Å². The molecule has 1 aliphatic heterocycles. The number of nitrogens with zero attached hydrogens (tertiary/aromatic N) is 3. The van der Waals surface area contributed by atoms with Crippen LogP contribution in [0.4, 0.5) is 5.82 Å². The van der Waals surface area contributed by atoms with Gasteiger partial charge < -0.3 is 10.5 Å². The van der Waals surface area contributed by atoms with Crippen LogP contribution in [0.5, 0.6) is 5.88 Å². The molecule has 0 aliphatic carbocycles. The first-order valence-corrected chi connectivity index (χ1v) is 7.77. The van der Waals surface area contributed by atoms with E-state index in [9.17, 15) is 5.26 Å². The quantitative estimate of drug-likeness (QED) is 0.786. The minimum absolute atomic E-state index is 0.120. The maximum atomic E-state index is 9.52. The second-order valence-electron chi connectivity index (χ2n) is 5.95. The number of nitriles is 1. The van der Waals surface area contributed by atoms with Crippen LogP contribution in [0.1, 0.15) is 30.9 Å². The van der Waals surface area contributed by atoms with Crippen molar-refractivity contribution in [1.82, 2.24) is 20.8 Å². The summed E-state index contributed by atoms with van der Waals surface area (Å²) in [5, 5.41) is 9.52. The molecule has 7 nitrogen and oxygen atoms in total. The predicted molar refractivity (Wildman–Crippen MR) is 91.1 cm³/mol. The minimum atomic E-state index is 0.120. The molecule has 2 unspecified atom stereocenters. The summed E-state index contributed by atoms with van der Waals surface area (Å²) in [6.07, 6.45) is 1.69. The third-order valence-electron chi connectivity index (χ3n) is 4.41. The van der Waals surface area contributed by atoms with Crippen molar-refractivity contribution in [2.45, 2.75) is 31.8 Å². The number of nitrogens with two attached hydrogens (primary N) is 1. The molecule has 0 bridgehead atoms. The Kier molecular flexibility index (Phi) is 4.34. The van der Waals surface area contributed by atoms with Crippen LogP contribution in [0.2, 0.25) is 0 Å². The summed E-state index contributed by atoms with van der Waals surface area (Å²) in [6.45, 7) is 4.15. The minimum Gasteiger partial charge on any atom is -0.481 e. The lowest BCUT2D eigenvalue weighted by atomic mass is 9.85. The highest BCUT2D eigenvalue weighted by molar-refractivity contribution is 5.67. The zero-order valence-electron chi connectivity index (χ0n) is 13.9. The topological polar surface area (TPSA) is 109 Å². The van der Waals surface area contributed by atoms with Crippen molar-refractivity contribution in [1.29, 1.82) is 5.26 Å². The first kappa shape index (κ1) is 16.2. The third kappa shape index (κ3) is 2.77. The molecular weight excluding hydrogens is 304 g/mol. The van der Waals surface area contributed by atoms with Gasteiger partial charge >= 0.3 is 0 Å². The number of hydrogen-bond donors (Lipinski definition) is 3. The van der Waals surface area contributed by atoms with Gasteiger partial charge in [-0.15, -0.1) is 0 Å². The first-order chi connectivity index (χ1) is 11.5. The fraction of sp³-hybridized carbons (Fsp3) is 0.353. The van der Waals surface area contributed by atoms with Crippen LogP contribution < -0.4 is 21.3 Å². The molecule has 0 radical (unpaired) electrons. The molecule has 3 heterocycles. The highest BCUT2D eigenvalue weighted by atomic mass is 16.5. The van der Waals surface area contributed by atoms with Gasteiger partial charge in [0.1, 0.15) is 11.9 Å². The molecule has 2 aromatic heterocycles. The monoisotopic (exact) mass is 324 g/mol. The average Bonchev–Trinajstić information content (AvgIpc) is 2.92. The van der Waals surface area contributed by atoms with Crippen LogP contribution in [-0.2, 0) is 0 Å². The fourth-order valence-electron chi connectivity index (χ4n) is 3.18. The van der Waals surface area contributed by atoms with Crippen molar-refractivity contribution >= 4 is 5.82 Å². The lowest BCUT2D eigenvalue weighted by molar-refractivity contribution is 0.398. The van der Waals surface area contributed by atoms with Crippen molar-refractivity contribution in [3.8, 4) is 23.2 Å². The highest BCUT2D eigenvalue weighted by Crippen LogP contribution is 2.34. The number of nitrogens with one attached hydrogen (secondary N) is 2. The summed E-state index contributed by atoms with van der Waals surface area (Å²) in [6, 6.07) is 8.14. The van der Waals surface area contributed by atoms with E-state index in [-0.39, 0.29) is 23.8 Å². The maximum absolute atomic E-state index is 9.52. The van der Waals surface area contributed by atoms with E-state index in [1.807, 2.05) is 12.1 Å². The summed E-state index contributed by atoms with van der Waals surface area (Å²) in [5.41, 5.74) is 15.4. The Balaban J connectivity index is 2.11. The van der Waals surface area contributed by atoms with E-state index in [0.29, 0.717) is 17.1 Å². The lowest BCUT2D eigenvalue weighted by Gasteiger charge is -2.21. The Morgan fingerprint density at radius 1 is 1.25 bits per heavy atom. The van der Waals surface area contributed by atoms with Crippen molar-refractivity contribution < 1.29 is 4.74 Å². The van der Waals surface area contributed by atoms with Crippen LogP contribution >= 0.6 is 0 Å². The Morgan fingerprint density at radius 2 is 1.96 bits per heavy atom. The van der Waals surface area contributed by atoms with Gasteiger partial charge in [-0.2, -0.15) is 5.26 Å². The van der Waals surface area contributed by atoms with E-state index in [4.69, 9.17) is 10.5 Å². The van der Waals surface area contributed by atoms with E-state index in [1.165, 1.54) is 0 Å². The Bertz CT molecular complexity index is 773. The molecule has 1 aliphatic rings. The molecule has 24 heavy (non-hydrogen) atoms. The van der Waals surface area contributed by atoms with E-state index < -0.39 is 0 Å². The normalized spacial score (nSPS) is 23.0. The van der Waals surface area contributed by atoms with Crippen LogP contribution in [-0.4, -0.2) is 29.2 Å². The number of nitrogen functional groups attached to an aromatic ring is 1. The van der Waals surface area contributed by atoms with E-state index in [1.54, 1.807) is 19.4 Å². The van der Waals surface area contributed by atoms with E-state index >= 15 is 0 Å². The number of aromatic nitrogens is 2. The molecule has 7 heteroatoms. The van der Waals surface area contributed by atoms with Gasteiger partial charge in [0.25, 0.3) is 0 Å². The van der Waals surface area contributed by atoms with Crippen molar-refractivity contribution in [2.75, 3.05) is 12.8 Å². The SMILES string of the molecule is COc1ccc(-c2cc(C3C(C)NNC3C)c(C#N)c(N)n2)cn1. The predicted octanol–water partition coefficient (Wildman–Crippen LogP) is 1.57. The Hall–Kier alpha value is -2.69. The molecule has 0 amide bonds. The number of methoxy groups -OCH3 is 1. The van der Waals surface area contributed by atoms with Crippen molar-refractivity contribution in [3.63, 3.8) is 0 Å².